The van der Waals surface area contributed by atoms with Gasteiger partial charge in [-0.15, -0.1) is 11.8 Å². The number of nitrogens with zero attached hydrogens (tertiary/aromatic N) is 1. The SMILES string of the molecule is CCOc1cccc(CNC(=O)c2ccccc2SCc2c(C)noc2C)c1. The largest absolute Gasteiger partial charge is 0.494 e. The molecule has 6 heteroatoms. The highest BCUT2D eigenvalue weighted by molar-refractivity contribution is 7.98. The zero-order chi connectivity index (χ0) is 19.9. The Bertz CT molecular complexity index is 933. The molecule has 1 N–H and O–H groups in total. The number of thioether (sulfide) groups is 1. The van der Waals surface area contributed by atoms with Crippen molar-refractivity contribution in [1.29, 1.82) is 0 Å². The van der Waals surface area contributed by atoms with Crippen LogP contribution in [-0.2, 0) is 12.3 Å². The van der Waals surface area contributed by atoms with E-state index < -0.39 is 0 Å². The van der Waals surface area contributed by atoms with Gasteiger partial charge in [0.05, 0.1) is 17.9 Å². The van der Waals surface area contributed by atoms with Crippen LogP contribution in [0.5, 0.6) is 5.75 Å². The number of rotatable bonds is 8. The zero-order valence-electron chi connectivity index (χ0n) is 16.3. The van der Waals surface area contributed by atoms with Gasteiger partial charge in [0, 0.05) is 22.8 Å². The Morgan fingerprint density at radius 2 is 2.00 bits per heavy atom. The Balaban J connectivity index is 1.66. The number of nitrogens with one attached hydrogen (secondary N) is 1. The minimum Gasteiger partial charge on any atom is -0.494 e. The molecule has 3 aromatic rings. The number of carbonyl (C=O) groups is 1. The fourth-order valence-electron chi connectivity index (χ4n) is 2.83. The van der Waals surface area contributed by atoms with Crippen molar-refractivity contribution in [2.75, 3.05) is 6.61 Å². The molecule has 0 aliphatic carbocycles. The van der Waals surface area contributed by atoms with E-state index in [0.717, 1.165) is 33.2 Å². The molecule has 0 aliphatic heterocycles. The molecule has 2 aromatic carbocycles. The number of aromatic nitrogens is 1. The predicted molar refractivity (Wildman–Crippen MR) is 111 cm³/mol. The van der Waals surface area contributed by atoms with Gasteiger partial charge in [0.2, 0.25) is 0 Å². The standard InChI is InChI=1S/C22H24N2O3S/c1-4-26-18-9-7-8-17(12-18)13-23-22(25)19-10-5-6-11-21(19)28-14-20-15(2)24-27-16(20)3/h5-12H,4,13-14H2,1-3H3,(H,23,25). The van der Waals surface area contributed by atoms with Gasteiger partial charge < -0.3 is 14.6 Å². The lowest BCUT2D eigenvalue weighted by atomic mass is 10.2. The van der Waals surface area contributed by atoms with E-state index in [9.17, 15) is 4.79 Å². The molecule has 0 bridgehead atoms. The molecular weight excluding hydrogens is 372 g/mol. The van der Waals surface area contributed by atoms with Gasteiger partial charge in [-0.1, -0.05) is 29.4 Å². The Labute approximate surface area is 169 Å². The second-order valence-corrected chi connectivity index (χ2v) is 7.37. The smallest absolute Gasteiger partial charge is 0.252 e. The van der Waals surface area contributed by atoms with E-state index >= 15 is 0 Å². The summed E-state index contributed by atoms with van der Waals surface area (Å²) in [6.07, 6.45) is 0. The van der Waals surface area contributed by atoms with Crippen LogP contribution in [0.1, 0.15) is 39.9 Å². The Kier molecular flexibility index (Phi) is 6.76. The first-order valence-electron chi connectivity index (χ1n) is 9.22. The maximum Gasteiger partial charge on any atom is 0.252 e. The molecule has 0 spiro atoms. The van der Waals surface area contributed by atoms with Crippen molar-refractivity contribution in [2.24, 2.45) is 0 Å². The summed E-state index contributed by atoms with van der Waals surface area (Å²) in [5.74, 6) is 2.25. The highest BCUT2D eigenvalue weighted by atomic mass is 32.2. The van der Waals surface area contributed by atoms with Gasteiger partial charge in [-0.2, -0.15) is 0 Å². The van der Waals surface area contributed by atoms with Crippen LogP contribution in [-0.4, -0.2) is 17.7 Å². The molecule has 3 rings (SSSR count). The summed E-state index contributed by atoms with van der Waals surface area (Å²) in [6, 6.07) is 15.4. The van der Waals surface area contributed by atoms with Crippen molar-refractivity contribution in [2.45, 2.75) is 38.0 Å². The van der Waals surface area contributed by atoms with Gasteiger partial charge in [-0.25, -0.2) is 0 Å². The molecule has 0 fully saturated rings. The molecule has 5 nitrogen and oxygen atoms in total. The highest BCUT2D eigenvalue weighted by Gasteiger charge is 2.14. The van der Waals surface area contributed by atoms with E-state index in [-0.39, 0.29) is 5.91 Å². The fraction of sp³-hybridized carbons (Fsp3) is 0.273. The van der Waals surface area contributed by atoms with E-state index in [1.54, 1.807) is 11.8 Å². The second kappa shape index (κ2) is 9.46. The van der Waals surface area contributed by atoms with Crippen LogP contribution in [0, 0.1) is 13.8 Å². The number of aryl methyl sites for hydroxylation is 2. The van der Waals surface area contributed by atoms with Gasteiger partial charge in [-0.3, -0.25) is 4.79 Å². The average Bonchev–Trinajstić information content (AvgIpc) is 3.03. The van der Waals surface area contributed by atoms with Gasteiger partial charge in [-0.05, 0) is 50.6 Å². The molecule has 0 aliphatic rings. The average molecular weight is 397 g/mol. The van der Waals surface area contributed by atoms with Crippen molar-refractivity contribution in [3.8, 4) is 5.75 Å². The summed E-state index contributed by atoms with van der Waals surface area (Å²) < 4.78 is 10.7. The molecular formula is C22H24N2O3S. The number of hydrogen-bond acceptors (Lipinski definition) is 5. The van der Waals surface area contributed by atoms with Gasteiger partial charge in [0.1, 0.15) is 11.5 Å². The Morgan fingerprint density at radius 3 is 2.75 bits per heavy atom. The van der Waals surface area contributed by atoms with Crippen LogP contribution >= 0.6 is 11.8 Å². The van der Waals surface area contributed by atoms with E-state index in [4.69, 9.17) is 9.26 Å². The van der Waals surface area contributed by atoms with E-state index in [0.29, 0.717) is 24.5 Å². The van der Waals surface area contributed by atoms with Crippen LogP contribution < -0.4 is 10.1 Å². The molecule has 0 unspecified atom stereocenters. The van der Waals surface area contributed by atoms with Crippen molar-refractivity contribution in [3.05, 3.63) is 76.7 Å². The summed E-state index contributed by atoms with van der Waals surface area (Å²) in [5, 5.41) is 6.99. The van der Waals surface area contributed by atoms with Crippen molar-refractivity contribution in [1.82, 2.24) is 10.5 Å². The van der Waals surface area contributed by atoms with Crippen molar-refractivity contribution < 1.29 is 14.1 Å². The van der Waals surface area contributed by atoms with Crippen LogP contribution in [0.25, 0.3) is 0 Å². The first-order valence-corrected chi connectivity index (χ1v) is 10.2. The molecule has 0 saturated carbocycles. The molecule has 28 heavy (non-hydrogen) atoms. The van der Waals surface area contributed by atoms with E-state index in [1.807, 2.05) is 69.3 Å². The quantitative estimate of drug-likeness (QED) is 0.548. The fourth-order valence-corrected chi connectivity index (χ4v) is 4.03. The molecule has 1 aromatic heterocycles. The van der Waals surface area contributed by atoms with Crippen molar-refractivity contribution >= 4 is 17.7 Å². The lowest BCUT2D eigenvalue weighted by molar-refractivity contribution is 0.0948. The normalized spacial score (nSPS) is 10.7. The number of benzene rings is 2. The van der Waals surface area contributed by atoms with Gasteiger partial charge in [0.25, 0.3) is 5.91 Å². The number of hydrogen-bond donors (Lipinski definition) is 1. The molecule has 146 valence electrons. The minimum absolute atomic E-state index is 0.0938. The number of ether oxygens (including phenoxy) is 1. The predicted octanol–water partition coefficient (Wildman–Crippen LogP) is 4.91. The third-order valence-corrected chi connectivity index (χ3v) is 5.45. The van der Waals surface area contributed by atoms with Crippen LogP contribution in [0.4, 0.5) is 0 Å². The second-order valence-electron chi connectivity index (χ2n) is 6.35. The molecule has 1 heterocycles. The Morgan fingerprint density at radius 1 is 1.18 bits per heavy atom. The molecule has 0 atom stereocenters. The van der Waals surface area contributed by atoms with Crippen LogP contribution in [0.2, 0.25) is 0 Å². The summed E-state index contributed by atoms with van der Waals surface area (Å²) in [4.78, 5) is 13.7. The van der Waals surface area contributed by atoms with Crippen molar-refractivity contribution in [3.63, 3.8) is 0 Å². The van der Waals surface area contributed by atoms with Gasteiger partial charge in [0.15, 0.2) is 0 Å². The first-order chi connectivity index (χ1) is 13.6. The summed E-state index contributed by atoms with van der Waals surface area (Å²) >= 11 is 1.61. The number of amides is 1. The molecule has 1 amide bonds. The van der Waals surface area contributed by atoms with Crippen LogP contribution in [0.3, 0.4) is 0 Å². The first kappa shape index (κ1) is 20.0. The molecule has 0 saturated heterocycles. The Hall–Kier alpha value is -2.73. The lowest BCUT2D eigenvalue weighted by Crippen LogP contribution is -2.23. The summed E-state index contributed by atoms with van der Waals surface area (Å²) in [5.41, 5.74) is 3.63. The highest BCUT2D eigenvalue weighted by Crippen LogP contribution is 2.28. The summed E-state index contributed by atoms with van der Waals surface area (Å²) in [6.45, 7) is 6.85. The zero-order valence-corrected chi connectivity index (χ0v) is 17.1. The third kappa shape index (κ3) is 4.95. The minimum atomic E-state index is -0.0938. The van der Waals surface area contributed by atoms with Gasteiger partial charge >= 0.3 is 0 Å². The van der Waals surface area contributed by atoms with Crippen LogP contribution in [0.15, 0.2) is 57.9 Å². The molecule has 0 radical (unpaired) electrons. The maximum absolute atomic E-state index is 12.8. The van der Waals surface area contributed by atoms with E-state index in [1.165, 1.54) is 0 Å². The maximum atomic E-state index is 12.8. The lowest BCUT2D eigenvalue weighted by Gasteiger charge is -2.11. The number of carbonyl (C=O) groups excluding carboxylic acids is 1. The van der Waals surface area contributed by atoms with E-state index in [2.05, 4.69) is 10.5 Å². The third-order valence-electron chi connectivity index (χ3n) is 4.35. The monoisotopic (exact) mass is 396 g/mol. The topological polar surface area (TPSA) is 64.4 Å². The summed E-state index contributed by atoms with van der Waals surface area (Å²) in [7, 11) is 0.